The molecule has 6 heterocycles. The Bertz CT molecular complexity index is 3750. The largest absolute Gasteiger partial charge is 0.416 e. The van der Waals surface area contributed by atoms with Gasteiger partial charge in [-0.15, -0.1) is 0 Å². The van der Waals surface area contributed by atoms with Crippen molar-refractivity contribution in [1.29, 1.82) is 0 Å². The molecule has 0 aliphatic heterocycles. The first-order valence-corrected chi connectivity index (χ1v) is 20.7. The van der Waals surface area contributed by atoms with E-state index in [2.05, 4.69) is 30.4 Å². The standard InChI is InChI=1S/C22H16F3N5O.C21H15F3N6O3S/c1-12-6-8-15(9-7-12)30-21(31)17-18(13-4-3-5-14(10-13)22(23,24)25)27-20-16(19(17)28-30)11-26-29(20)2;1-29-19-15(10-26-29)18-16(17(27-19)11-3-2-4-12(9-11)21(22,23)24)20(31)30(28-18)13-5-7-14(8-6-13)34(25,32)33/h3-11,28H,1-2H3;2-10,28H,1H3,(H2,25,32,33). The fourth-order valence-electron chi connectivity index (χ4n) is 7.45. The van der Waals surface area contributed by atoms with Crippen LogP contribution in [-0.2, 0) is 36.5 Å². The molecular formula is C43H31F6N11O4S. The minimum absolute atomic E-state index is 0.0540. The Morgan fingerprint density at radius 1 is 0.600 bits per heavy atom. The first-order valence-electron chi connectivity index (χ1n) is 19.2. The number of hydrogen-bond acceptors (Lipinski definition) is 8. The number of aryl methyl sites for hydroxylation is 3. The summed E-state index contributed by atoms with van der Waals surface area (Å²) in [4.78, 5) is 35.7. The predicted molar refractivity (Wildman–Crippen MR) is 229 cm³/mol. The van der Waals surface area contributed by atoms with Gasteiger partial charge in [0, 0.05) is 25.2 Å². The van der Waals surface area contributed by atoms with Gasteiger partial charge in [-0.05, 0) is 67.6 Å². The lowest BCUT2D eigenvalue weighted by Crippen LogP contribution is -2.16. The molecule has 0 saturated carbocycles. The van der Waals surface area contributed by atoms with E-state index in [9.17, 15) is 44.3 Å². The molecule has 0 radical (unpaired) electrons. The molecule has 0 fully saturated rings. The maximum Gasteiger partial charge on any atom is 0.416 e. The molecule has 0 unspecified atom stereocenters. The van der Waals surface area contributed by atoms with Crippen molar-refractivity contribution in [2.24, 2.45) is 19.2 Å². The van der Waals surface area contributed by atoms with Crippen LogP contribution in [0.1, 0.15) is 16.7 Å². The van der Waals surface area contributed by atoms with Crippen LogP contribution < -0.4 is 16.3 Å². The maximum atomic E-state index is 13.4. The lowest BCUT2D eigenvalue weighted by atomic mass is 10.0. The molecule has 0 aliphatic carbocycles. The number of rotatable bonds is 5. The molecule has 0 atom stereocenters. The summed E-state index contributed by atoms with van der Waals surface area (Å²) in [5, 5.41) is 20.9. The number of sulfonamides is 1. The van der Waals surface area contributed by atoms with Gasteiger partial charge >= 0.3 is 12.4 Å². The number of hydrogen-bond donors (Lipinski definition) is 3. The molecule has 0 aliphatic rings. The molecule has 10 aromatic rings. The van der Waals surface area contributed by atoms with Crippen LogP contribution in [-0.4, -0.2) is 57.5 Å². The van der Waals surface area contributed by atoms with Gasteiger partial charge in [-0.1, -0.05) is 42.0 Å². The molecule has 4 N–H and O–H groups in total. The van der Waals surface area contributed by atoms with Gasteiger partial charge in [-0.3, -0.25) is 29.2 Å². The molecule has 4 aromatic carbocycles. The van der Waals surface area contributed by atoms with E-state index < -0.39 is 44.6 Å². The topological polar surface area (TPSA) is 197 Å². The molecule has 0 saturated heterocycles. The molecule has 65 heavy (non-hydrogen) atoms. The number of benzene rings is 4. The van der Waals surface area contributed by atoms with Crippen molar-refractivity contribution in [3.05, 3.63) is 147 Å². The van der Waals surface area contributed by atoms with Crippen molar-refractivity contribution < 1.29 is 34.8 Å². The third-order valence-electron chi connectivity index (χ3n) is 10.7. The number of alkyl halides is 6. The Morgan fingerprint density at radius 2 is 1.00 bits per heavy atom. The number of halogens is 6. The highest BCUT2D eigenvalue weighted by atomic mass is 32.2. The Kier molecular flexibility index (Phi) is 9.90. The lowest BCUT2D eigenvalue weighted by molar-refractivity contribution is -0.138. The molecule has 15 nitrogen and oxygen atoms in total. The normalized spacial score (nSPS) is 12.4. The fourth-order valence-corrected chi connectivity index (χ4v) is 7.97. The summed E-state index contributed by atoms with van der Waals surface area (Å²) in [5.74, 6) is 0. The van der Waals surface area contributed by atoms with E-state index >= 15 is 0 Å². The quantitative estimate of drug-likeness (QED) is 0.147. The average Bonchev–Trinajstić information content (AvgIpc) is 4.03. The van der Waals surface area contributed by atoms with Crippen LogP contribution in [0.4, 0.5) is 26.3 Å². The predicted octanol–water partition coefficient (Wildman–Crippen LogP) is 7.53. The van der Waals surface area contributed by atoms with Gasteiger partial charge in [0.1, 0.15) is 0 Å². The molecule has 330 valence electrons. The SMILES string of the molecule is Cc1ccc(-n2[nH]c3c(c(-c4cccc(C(F)(F)F)c4)nc4c3cnn4C)c2=O)cc1.Cn1ncc2c3[nH]n(-c4ccc(S(N)(=O)=O)cc4)c(=O)c3c(-c3cccc(C(F)(F)F)c3)nc21. The zero-order chi connectivity index (χ0) is 46.3. The molecule has 0 bridgehead atoms. The van der Waals surface area contributed by atoms with Crippen molar-refractivity contribution in [2.75, 3.05) is 0 Å². The Labute approximate surface area is 361 Å². The highest BCUT2D eigenvalue weighted by molar-refractivity contribution is 7.89. The van der Waals surface area contributed by atoms with Crippen molar-refractivity contribution in [1.82, 2.24) is 49.1 Å². The number of aromatic nitrogens is 10. The van der Waals surface area contributed by atoms with Crippen LogP contribution in [0.3, 0.4) is 0 Å². The van der Waals surface area contributed by atoms with Gasteiger partial charge in [-0.25, -0.2) is 32.9 Å². The monoisotopic (exact) mass is 911 g/mol. The Hall–Kier alpha value is -7.85. The highest BCUT2D eigenvalue weighted by Crippen LogP contribution is 2.37. The molecule has 6 aromatic heterocycles. The van der Waals surface area contributed by atoms with Gasteiger partial charge in [0.2, 0.25) is 10.0 Å². The third-order valence-corrected chi connectivity index (χ3v) is 11.6. The van der Waals surface area contributed by atoms with E-state index in [0.717, 1.165) is 34.5 Å². The molecule has 10 rings (SSSR count). The highest BCUT2D eigenvalue weighted by Gasteiger charge is 2.32. The van der Waals surface area contributed by atoms with Crippen LogP contribution in [0, 0.1) is 6.92 Å². The number of aromatic amines is 2. The van der Waals surface area contributed by atoms with Gasteiger partial charge in [0.05, 0.1) is 83.8 Å². The number of fused-ring (bicyclic) bond motifs is 6. The summed E-state index contributed by atoms with van der Waals surface area (Å²) >= 11 is 0. The van der Waals surface area contributed by atoms with Gasteiger partial charge in [0.25, 0.3) is 11.1 Å². The number of nitrogens with zero attached hydrogens (tertiary/aromatic N) is 8. The maximum absolute atomic E-state index is 13.4. The second-order valence-corrected chi connectivity index (χ2v) is 16.5. The van der Waals surface area contributed by atoms with E-state index in [4.69, 9.17) is 5.14 Å². The van der Waals surface area contributed by atoms with Crippen molar-refractivity contribution in [3.8, 4) is 33.9 Å². The van der Waals surface area contributed by atoms with Gasteiger partial charge in [-0.2, -0.15) is 36.5 Å². The van der Waals surface area contributed by atoms with Crippen LogP contribution in [0.25, 0.3) is 77.8 Å². The van der Waals surface area contributed by atoms with Crippen molar-refractivity contribution in [3.63, 3.8) is 0 Å². The fraction of sp³-hybridized carbons (Fsp3) is 0.116. The number of pyridine rings is 2. The van der Waals surface area contributed by atoms with Crippen LogP contribution in [0.5, 0.6) is 0 Å². The number of primary sulfonamides is 1. The average molecular weight is 912 g/mol. The molecule has 22 heteroatoms. The molecule has 0 amide bonds. The van der Waals surface area contributed by atoms with E-state index in [1.165, 1.54) is 68.8 Å². The van der Waals surface area contributed by atoms with E-state index in [0.29, 0.717) is 44.5 Å². The van der Waals surface area contributed by atoms with E-state index in [1.54, 1.807) is 32.4 Å². The second-order valence-electron chi connectivity index (χ2n) is 15.0. The van der Waals surface area contributed by atoms with Crippen LogP contribution in [0.2, 0.25) is 0 Å². The summed E-state index contributed by atoms with van der Waals surface area (Å²) in [6.07, 6.45) is -6.01. The zero-order valence-corrected chi connectivity index (χ0v) is 34.7. The summed E-state index contributed by atoms with van der Waals surface area (Å²) in [6, 6.07) is 22.0. The first kappa shape index (κ1) is 42.5. The van der Waals surface area contributed by atoms with E-state index in [1.807, 2.05) is 19.1 Å². The summed E-state index contributed by atoms with van der Waals surface area (Å²) in [5.41, 5.74) is 1.42. The molecule has 0 spiro atoms. The number of nitrogens with two attached hydrogens (primary N) is 1. The van der Waals surface area contributed by atoms with Crippen molar-refractivity contribution >= 4 is 53.9 Å². The third kappa shape index (κ3) is 7.50. The van der Waals surface area contributed by atoms with Gasteiger partial charge < -0.3 is 0 Å². The van der Waals surface area contributed by atoms with E-state index in [-0.39, 0.29) is 38.2 Å². The smallest absolute Gasteiger partial charge is 0.289 e. The number of nitrogens with one attached hydrogen (secondary N) is 2. The van der Waals surface area contributed by atoms with Crippen LogP contribution in [0.15, 0.2) is 124 Å². The lowest BCUT2D eigenvalue weighted by Gasteiger charge is -2.09. The molecular weight excluding hydrogens is 881 g/mol. The first-order chi connectivity index (χ1) is 30.7. The summed E-state index contributed by atoms with van der Waals surface area (Å²) in [7, 11) is -0.622. The minimum atomic E-state index is -4.57. The van der Waals surface area contributed by atoms with Crippen LogP contribution >= 0.6 is 0 Å². The summed E-state index contributed by atoms with van der Waals surface area (Å²) in [6.45, 7) is 1.94. The Morgan fingerprint density at radius 3 is 1.38 bits per heavy atom. The van der Waals surface area contributed by atoms with Crippen molar-refractivity contribution in [2.45, 2.75) is 24.2 Å². The second kappa shape index (κ2) is 15.2. The van der Waals surface area contributed by atoms with Gasteiger partial charge in [0.15, 0.2) is 11.3 Å². The number of H-pyrrole nitrogens is 2. The Balaban J connectivity index is 0.000000165. The summed E-state index contributed by atoms with van der Waals surface area (Å²) < 4.78 is 108. The zero-order valence-electron chi connectivity index (χ0n) is 33.9. The minimum Gasteiger partial charge on any atom is -0.289 e.